The van der Waals surface area contributed by atoms with E-state index in [1.807, 2.05) is 29.6 Å². The molecule has 0 aliphatic heterocycles. The van der Waals surface area contributed by atoms with Crippen molar-refractivity contribution >= 4 is 39.8 Å². The lowest BCUT2D eigenvalue weighted by atomic mass is 10.2. The van der Waals surface area contributed by atoms with Crippen LogP contribution in [0.2, 0.25) is 0 Å². The highest BCUT2D eigenvalue weighted by Gasteiger charge is 2.12. The Morgan fingerprint density at radius 2 is 2.35 bits per heavy atom. The summed E-state index contributed by atoms with van der Waals surface area (Å²) in [5.74, 6) is 0.0246. The number of aromatic nitrogens is 1. The van der Waals surface area contributed by atoms with Crippen LogP contribution in [0, 0.1) is 3.57 Å². The molecule has 1 aromatic carbocycles. The van der Waals surface area contributed by atoms with Crippen LogP contribution < -0.4 is 0 Å². The number of benzene rings is 1. The fraction of sp³-hybridized carbons (Fsp3) is 0.167. The molecule has 0 radical (unpaired) electrons. The van der Waals surface area contributed by atoms with Gasteiger partial charge in [-0.25, -0.2) is 4.98 Å². The molecule has 0 aliphatic carbocycles. The molecule has 0 N–H and O–H groups in total. The number of carbonyl (C=O) groups excluding carboxylic acids is 1. The van der Waals surface area contributed by atoms with Crippen molar-refractivity contribution < 1.29 is 4.79 Å². The smallest absolute Gasteiger partial charge is 0.253 e. The van der Waals surface area contributed by atoms with Crippen LogP contribution in [0.1, 0.15) is 16.1 Å². The van der Waals surface area contributed by atoms with E-state index in [9.17, 15) is 4.79 Å². The Kier molecular flexibility index (Phi) is 4.11. The topological polar surface area (TPSA) is 33.2 Å². The first-order valence-electron chi connectivity index (χ1n) is 5.05. The van der Waals surface area contributed by atoms with E-state index in [4.69, 9.17) is 0 Å². The second-order valence-electron chi connectivity index (χ2n) is 3.65. The summed E-state index contributed by atoms with van der Waals surface area (Å²) in [6.45, 7) is 0.549. The normalized spacial score (nSPS) is 10.2. The summed E-state index contributed by atoms with van der Waals surface area (Å²) < 4.78 is 1.07. The van der Waals surface area contributed by atoms with Gasteiger partial charge in [-0.15, -0.1) is 11.3 Å². The minimum atomic E-state index is 0.0246. The minimum Gasteiger partial charge on any atom is -0.336 e. The molecule has 1 aromatic heterocycles. The molecule has 5 heteroatoms. The standard InChI is InChI=1S/C12H11IN2OS/c1-15(6-11-7-17-8-14-11)12(16)9-3-2-4-10(13)5-9/h2-5,7-8H,6H2,1H3. The zero-order valence-electron chi connectivity index (χ0n) is 9.26. The van der Waals surface area contributed by atoms with Crippen LogP contribution in [0.3, 0.4) is 0 Å². The van der Waals surface area contributed by atoms with Crippen LogP contribution in [-0.2, 0) is 6.54 Å². The number of thiazole rings is 1. The van der Waals surface area contributed by atoms with E-state index in [0.29, 0.717) is 6.54 Å². The maximum atomic E-state index is 12.1. The molecular formula is C12H11IN2OS. The number of amides is 1. The Morgan fingerprint density at radius 3 is 3.00 bits per heavy atom. The van der Waals surface area contributed by atoms with Crippen LogP contribution in [0.25, 0.3) is 0 Å². The van der Waals surface area contributed by atoms with Crippen molar-refractivity contribution in [2.24, 2.45) is 0 Å². The Hall–Kier alpha value is -0.950. The lowest BCUT2D eigenvalue weighted by Gasteiger charge is -2.15. The van der Waals surface area contributed by atoms with E-state index in [-0.39, 0.29) is 5.91 Å². The Morgan fingerprint density at radius 1 is 1.53 bits per heavy atom. The van der Waals surface area contributed by atoms with Gasteiger partial charge < -0.3 is 4.90 Å². The molecule has 0 fully saturated rings. The first-order chi connectivity index (χ1) is 8.16. The minimum absolute atomic E-state index is 0.0246. The van der Waals surface area contributed by atoms with Gasteiger partial charge in [0.1, 0.15) is 0 Å². The fourth-order valence-corrected chi connectivity index (χ4v) is 2.57. The zero-order chi connectivity index (χ0) is 12.3. The van der Waals surface area contributed by atoms with E-state index in [0.717, 1.165) is 14.8 Å². The fourth-order valence-electron chi connectivity index (χ4n) is 1.47. The van der Waals surface area contributed by atoms with Gasteiger partial charge in [0.15, 0.2) is 0 Å². The number of hydrogen-bond acceptors (Lipinski definition) is 3. The third kappa shape index (κ3) is 3.26. The summed E-state index contributed by atoms with van der Waals surface area (Å²) in [4.78, 5) is 18.0. The molecule has 0 saturated heterocycles. The van der Waals surface area contributed by atoms with Gasteiger partial charge in [0, 0.05) is 21.6 Å². The quantitative estimate of drug-likeness (QED) is 0.791. The molecule has 3 nitrogen and oxygen atoms in total. The summed E-state index contributed by atoms with van der Waals surface area (Å²) in [5.41, 5.74) is 3.42. The highest BCUT2D eigenvalue weighted by molar-refractivity contribution is 14.1. The van der Waals surface area contributed by atoms with E-state index in [1.165, 1.54) is 0 Å². The summed E-state index contributed by atoms with van der Waals surface area (Å²) in [7, 11) is 1.79. The van der Waals surface area contributed by atoms with Crippen LogP contribution in [0.5, 0.6) is 0 Å². The first-order valence-corrected chi connectivity index (χ1v) is 7.07. The van der Waals surface area contributed by atoms with E-state index in [2.05, 4.69) is 27.6 Å². The lowest BCUT2D eigenvalue weighted by Crippen LogP contribution is -2.26. The Labute approximate surface area is 118 Å². The van der Waals surface area contributed by atoms with Crippen molar-refractivity contribution in [1.82, 2.24) is 9.88 Å². The second-order valence-corrected chi connectivity index (χ2v) is 5.62. The molecule has 0 bridgehead atoms. The van der Waals surface area contributed by atoms with Crippen LogP contribution in [-0.4, -0.2) is 22.8 Å². The first kappa shape index (κ1) is 12.5. The van der Waals surface area contributed by atoms with Crippen molar-refractivity contribution in [3.05, 3.63) is 50.0 Å². The molecule has 88 valence electrons. The van der Waals surface area contributed by atoms with Crippen molar-refractivity contribution in [1.29, 1.82) is 0 Å². The maximum Gasteiger partial charge on any atom is 0.253 e. The molecule has 0 saturated carbocycles. The largest absolute Gasteiger partial charge is 0.336 e. The molecule has 0 unspecified atom stereocenters. The van der Waals surface area contributed by atoms with E-state index >= 15 is 0 Å². The number of rotatable bonds is 3. The van der Waals surface area contributed by atoms with E-state index in [1.54, 1.807) is 28.8 Å². The molecule has 1 heterocycles. The highest BCUT2D eigenvalue weighted by Crippen LogP contribution is 2.11. The zero-order valence-corrected chi connectivity index (χ0v) is 12.2. The van der Waals surface area contributed by atoms with E-state index < -0.39 is 0 Å². The summed E-state index contributed by atoms with van der Waals surface area (Å²) in [5, 5.41) is 1.96. The van der Waals surface area contributed by atoms with Gasteiger partial charge in [-0.2, -0.15) is 0 Å². The van der Waals surface area contributed by atoms with Gasteiger partial charge in [-0.3, -0.25) is 4.79 Å². The van der Waals surface area contributed by atoms with Crippen molar-refractivity contribution in [3.8, 4) is 0 Å². The van der Waals surface area contributed by atoms with Gasteiger partial charge in [0.05, 0.1) is 17.7 Å². The van der Waals surface area contributed by atoms with Gasteiger partial charge in [0.25, 0.3) is 5.91 Å². The predicted molar refractivity (Wildman–Crippen MR) is 77.1 cm³/mol. The summed E-state index contributed by atoms with van der Waals surface area (Å²) in [6, 6.07) is 7.59. The monoisotopic (exact) mass is 358 g/mol. The molecule has 0 spiro atoms. The third-order valence-electron chi connectivity index (χ3n) is 2.30. The Balaban J connectivity index is 2.09. The number of nitrogens with zero attached hydrogens (tertiary/aromatic N) is 2. The van der Waals surface area contributed by atoms with Crippen molar-refractivity contribution in [2.75, 3.05) is 7.05 Å². The molecule has 2 aromatic rings. The average Bonchev–Trinajstić information content (AvgIpc) is 2.80. The van der Waals surface area contributed by atoms with Crippen LogP contribution in [0.15, 0.2) is 35.2 Å². The molecule has 17 heavy (non-hydrogen) atoms. The lowest BCUT2D eigenvalue weighted by molar-refractivity contribution is 0.0783. The van der Waals surface area contributed by atoms with Crippen LogP contribution in [0.4, 0.5) is 0 Å². The number of hydrogen-bond donors (Lipinski definition) is 0. The van der Waals surface area contributed by atoms with Crippen LogP contribution >= 0.6 is 33.9 Å². The molecule has 0 atom stereocenters. The molecular weight excluding hydrogens is 347 g/mol. The summed E-state index contributed by atoms with van der Waals surface area (Å²) in [6.07, 6.45) is 0. The van der Waals surface area contributed by atoms with Crippen molar-refractivity contribution in [3.63, 3.8) is 0 Å². The molecule has 2 rings (SSSR count). The Bertz CT molecular complexity index is 513. The molecule has 0 aliphatic rings. The number of carbonyl (C=O) groups is 1. The van der Waals surface area contributed by atoms with Gasteiger partial charge >= 0.3 is 0 Å². The SMILES string of the molecule is CN(Cc1cscn1)C(=O)c1cccc(I)c1. The van der Waals surface area contributed by atoms with Gasteiger partial charge in [-0.05, 0) is 40.8 Å². The maximum absolute atomic E-state index is 12.1. The average molecular weight is 358 g/mol. The van der Waals surface area contributed by atoms with Gasteiger partial charge in [-0.1, -0.05) is 6.07 Å². The predicted octanol–water partition coefficient (Wildman–Crippen LogP) is 3.02. The summed E-state index contributed by atoms with van der Waals surface area (Å²) >= 11 is 3.74. The van der Waals surface area contributed by atoms with Gasteiger partial charge in [0.2, 0.25) is 0 Å². The molecule has 1 amide bonds. The number of halogens is 1. The highest BCUT2D eigenvalue weighted by atomic mass is 127. The second kappa shape index (κ2) is 5.59. The van der Waals surface area contributed by atoms with Crippen molar-refractivity contribution in [2.45, 2.75) is 6.54 Å². The third-order valence-corrected chi connectivity index (χ3v) is 3.61.